The van der Waals surface area contributed by atoms with E-state index in [1.165, 1.54) is 35.8 Å². The smallest absolute Gasteiger partial charge is 0.406 e. The zero-order valence-corrected chi connectivity index (χ0v) is 21.9. The van der Waals surface area contributed by atoms with Gasteiger partial charge in [-0.15, -0.1) is 13.2 Å². The molecule has 1 aromatic heterocycles. The highest BCUT2D eigenvalue weighted by molar-refractivity contribution is 7.80. The van der Waals surface area contributed by atoms with Crippen LogP contribution >= 0.6 is 23.8 Å². The van der Waals surface area contributed by atoms with Gasteiger partial charge in [0.05, 0.1) is 16.6 Å². The Bertz CT molecular complexity index is 1500. The number of anilines is 1. The molecule has 0 aliphatic heterocycles. The van der Waals surface area contributed by atoms with Gasteiger partial charge >= 0.3 is 6.36 Å². The maximum Gasteiger partial charge on any atom is 0.573 e. The van der Waals surface area contributed by atoms with E-state index in [0.29, 0.717) is 22.4 Å². The fourth-order valence-electron chi connectivity index (χ4n) is 3.56. The summed E-state index contributed by atoms with van der Waals surface area (Å²) in [5.74, 6) is 0.148. The number of nitrogens with two attached hydrogens (primary N) is 1. The number of fused-ring (bicyclic) bond motifs is 1. The number of aromatic nitrogens is 1. The number of hydrogen-bond acceptors (Lipinski definition) is 6. The minimum absolute atomic E-state index is 0.141. The summed E-state index contributed by atoms with van der Waals surface area (Å²) >= 11 is 6.61. The van der Waals surface area contributed by atoms with Crippen molar-refractivity contribution in [3.05, 3.63) is 83.6 Å². The van der Waals surface area contributed by atoms with Crippen LogP contribution in [0.25, 0.3) is 10.1 Å². The lowest BCUT2D eigenvalue weighted by Crippen LogP contribution is -2.24. The van der Waals surface area contributed by atoms with Crippen LogP contribution in [-0.2, 0) is 0 Å². The number of rotatable bonds is 7. The summed E-state index contributed by atoms with van der Waals surface area (Å²) in [7, 11) is 0. The molecule has 0 aliphatic carbocycles. The fraction of sp³-hybridized carbons (Fsp3) is 0.154. The minimum Gasteiger partial charge on any atom is -0.406 e. The van der Waals surface area contributed by atoms with Crippen molar-refractivity contribution in [1.29, 1.82) is 0 Å². The van der Waals surface area contributed by atoms with Crippen LogP contribution in [0.2, 0.25) is 0 Å². The molecular formula is C26H23F3N6OS2. The van der Waals surface area contributed by atoms with Crippen molar-refractivity contribution >= 4 is 62.4 Å². The van der Waals surface area contributed by atoms with Gasteiger partial charge in [-0.2, -0.15) is 9.47 Å². The van der Waals surface area contributed by atoms with Crippen molar-refractivity contribution in [3.8, 4) is 5.75 Å². The Hall–Kier alpha value is -4.03. The normalized spacial score (nSPS) is 12.3. The molecule has 7 nitrogen and oxygen atoms in total. The molecule has 4 rings (SSSR count). The second-order valence-corrected chi connectivity index (χ2v) is 9.60. The first-order chi connectivity index (χ1) is 18.1. The van der Waals surface area contributed by atoms with Crippen molar-refractivity contribution in [2.45, 2.75) is 26.1 Å². The van der Waals surface area contributed by atoms with Crippen molar-refractivity contribution < 1.29 is 17.9 Å². The van der Waals surface area contributed by atoms with Crippen LogP contribution in [0.5, 0.6) is 5.75 Å². The Labute approximate surface area is 226 Å². The number of hydrazone groups is 1. The van der Waals surface area contributed by atoms with Crippen molar-refractivity contribution in [3.63, 3.8) is 0 Å². The van der Waals surface area contributed by atoms with Crippen LogP contribution in [0.4, 0.5) is 24.5 Å². The van der Waals surface area contributed by atoms with E-state index in [1.807, 2.05) is 36.4 Å². The van der Waals surface area contributed by atoms with Gasteiger partial charge in [0.1, 0.15) is 11.4 Å². The van der Waals surface area contributed by atoms with Crippen molar-refractivity contribution in [2.75, 3.05) is 5.32 Å². The second kappa shape index (κ2) is 11.6. The van der Waals surface area contributed by atoms with Crippen LogP contribution in [0.1, 0.15) is 36.6 Å². The van der Waals surface area contributed by atoms with Crippen LogP contribution in [-0.4, -0.2) is 27.9 Å². The van der Waals surface area contributed by atoms with Crippen LogP contribution < -0.4 is 21.2 Å². The maximum atomic E-state index is 12.3. The summed E-state index contributed by atoms with van der Waals surface area (Å²) in [6, 6.07) is 18.7. The predicted molar refractivity (Wildman–Crippen MR) is 151 cm³/mol. The number of amidine groups is 1. The van der Waals surface area contributed by atoms with Crippen LogP contribution in [0.3, 0.4) is 0 Å². The van der Waals surface area contributed by atoms with Gasteiger partial charge in [-0.25, -0.2) is 4.99 Å². The number of alkyl halides is 3. The molecular weight excluding hydrogens is 533 g/mol. The van der Waals surface area contributed by atoms with E-state index in [-0.39, 0.29) is 11.6 Å². The second-order valence-electron chi connectivity index (χ2n) is 8.39. The van der Waals surface area contributed by atoms with E-state index in [0.717, 1.165) is 26.9 Å². The minimum atomic E-state index is -4.76. The SMILES string of the molecule is CC(C)c1ccccc1NC(=S)N/N=C/c1ccc2c(C(N)=Nc3ccc(OC(F)(F)F)cc3)nsc2c1. The largest absolute Gasteiger partial charge is 0.573 e. The van der Waals surface area contributed by atoms with E-state index in [9.17, 15) is 13.2 Å². The van der Waals surface area contributed by atoms with E-state index in [4.69, 9.17) is 18.0 Å². The standard InChI is InChI=1S/C26H23F3N6OS2/c1-15(2)19-5-3-4-6-21(19)33-25(37)34-31-14-16-7-12-20-22(13-16)38-35-23(20)24(30)32-17-8-10-18(11-9-17)36-26(27,28)29/h3-15H,1-2H3,(H2,30,32)(H2,33,34,37)/b31-14+. The number of ether oxygens (including phenoxy) is 1. The number of halogens is 3. The molecule has 0 fully saturated rings. The first-order valence-corrected chi connectivity index (χ1v) is 12.6. The highest BCUT2D eigenvalue weighted by Crippen LogP contribution is 2.27. The quantitative estimate of drug-likeness (QED) is 0.102. The summed E-state index contributed by atoms with van der Waals surface area (Å²) < 4.78 is 46.1. The number of para-hydroxylation sites is 1. The molecule has 0 atom stereocenters. The number of aliphatic imine (C=N–C) groups is 1. The Balaban J connectivity index is 1.41. The topological polar surface area (TPSA) is 96.9 Å². The Kier molecular flexibility index (Phi) is 8.23. The molecule has 38 heavy (non-hydrogen) atoms. The average molecular weight is 557 g/mol. The molecule has 0 saturated heterocycles. The van der Waals surface area contributed by atoms with E-state index < -0.39 is 6.36 Å². The molecule has 3 aromatic carbocycles. The van der Waals surface area contributed by atoms with Gasteiger partial charge in [-0.1, -0.05) is 44.2 Å². The lowest BCUT2D eigenvalue weighted by molar-refractivity contribution is -0.274. The average Bonchev–Trinajstić information content (AvgIpc) is 3.28. The number of nitrogens with one attached hydrogen (secondary N) is 2. The van der Waals surface area contributed by atoms with Gasteiger partial charge in [0.2, 0.25) is 0 Å². The molecule has 4 aromatic rings. The third-order valence-electron chi connectivity index (χ3n) is 5.27. The molecule has 0 unspecified atom stereocenters. The predicted octanol–water partition coefficient (Wildman–Crippen LogP) is 6.68. The third kappa shape index (κ3) is 7.05. The zero-order chi connectivity index (χ0) is 27.3. The monoisotopic (exact) mass is 556 g/mol. The summed E-state index contributed by atoms with van der Waals surface area (Å²) in [6.45, 7) is 4.23. The maximum absolute atomic E-state index is 12.3. The zero-order valence-electron chi connectivity index (χ0n) is 20.3. The van der Waals surface area contributed by atoms with E-state index in [1.54, 1.807) is 6.21 Å². The third-order valence-corrected chi connectivity index (χ3v) is 6.27. The first-order valence-electron chi connectivity index (χ1n) is 11.4. The van der Waals surface area contributed by atoms with Gasteiger partial charge < -0.3 is 15.8 Å². The van der Waals surface area contributed by atoms with E-state index >= 15 is 0 Å². The summed E-state index contributed by atoms with van der Waals surface area (Å²) in [5, 5.41) is 8.56. The Morgan fingerprint density at radius 2 is 1.84 bits per heavy atom. The van der Waals surface area contributed by atoms with Gasteiger partial charge in [0.25, 0.3) is 0 Å². The molecule has 196 valence electrons. The van der Waals surface area contributed by atoms with Crippen molar-refractivity contribution in [2.24, 2.45) is 15.8 Å². The summed E-state index contributed by atoms with van der Waals surface area (Å²) in [4.78, 5) is 4.28. The Morgan fingerprint density at radius 3 is 2.55 bits per heavy atom. The van der Waals surface area contributed by atoms with Gasteiger partial charge in [0, 0.05) is 11.1 Å². The molecule has 0 aliphatic rings. The molecule has 1 heterocycles. The number of hydrogen-bond donors (Lipinski definition) is 3. The summed E-state index contributed by atoms with van der Waals surface area (Å²) in [6.07, 6.45) is -3.12. The number of benzene rings is 3. The molecule has 0 spiro atoms. The lowest BCUT2D eigenvalue weighted by Gasteiger charge is -2.14. The van der Waals surface area contributed by atoms with Crippen LogP contribution in [0, 0.1) is 0 Å². The number of nitrogens with zero attached hydrogens (tertiary/aromatic N) is 3. The first kappa shape index (κ1) is 27.0. The highest BCUT2D eigenvalue weighted by Gasteiger charge is 2.30. The van der Waals surface area contributed by atoms with Gasteiger partial charge in [-0.3, -0.25) is 5.43 Å². The molecule has 12 heteroatoms. The van der Waals surface area contributed by atoms with Crippen molar-refractivity contribution in [1.82, 2.24) is 9.80 Å². The van der Waals surface area contributed by atoms with Gasteiger partial charge in [0.15, 0.2) is 10.9 Å². The molecule has 4 N–H and O–H groups in total. The Morgan fingerprint density at radius 1 is 1.11 bits per heavy atom. The summed E-state index contributed by atoms with van der Waals surface area (Å²) in [5.41, 5.74) is 12.7. The van der Waals surface area contributed by atoms with E-state index in [2.05, 4.69) is 49.9 Å². The molecule has 0 radical (unpaired) electrons. The molecule has 0 saturated carbocycles. The fourth-order valence-corrected chi connectivity index (χ4v) is 4.56. The lowest BCUT2D eigenvalue weighted by atomic mass is 10.0. The van der Waals surface area contributed by atoms with Gasteiger partial charge in [-0.05, 0) is 77.2 Å². The van der Waals surface area contributed by atoms with Crippen LogP contribution in [0.15, 0.2) is 76.8 Å². The number of thiocarbonyl (C=S) groups is 1. The molecule has 0 amide bonds. The highest BCUT2D eigenvalue weighted by atomic mass is 32.1. The molecule has 0 bridgehead atoms.